The van der Waals surface area contributed by atoms with Crippen molar-refractivity contribution in [1.82, 2.24) is 4.72 Å². The molecule has 0 saturated heterocycles. The maximum atomic E-state index is 12.3. The van der Waals surface area contributed by atoms with Crippen LogP contribution in [0.1, 0.15) is 12.0 Å². The number of nitrogens with one attached hydrogen (secondary N) is 2. The number of hydrogen-bond donors (Lipinski definition) is 2. The number of rotatable bonds is 6. The van der Waals surface area contributed by atoms with Crippen LogP contribution in [0.4, 0.5) is 5.69 Å². The van der Waals surface area contributed by atoms with E-state index >= 15 is 0 Å². The molecule has 0 bridgehead atoms. The van der Waals surface area contributed by atoms with E-state index in [9.17, 15) is 13.2 Å². The van der Waals surface area contributed by atoms with Crippen molar-refractivity contribution in [2.45, 2.75) is 11.3 Å². The summed E-state index contributed by atoms with van der Waals surface area (Å²) in [5.74, 6) is 0.805. The van der Waals surface area contributed by atoms with Crippen molar-refractivity contribution in [2.24, 2.45) is 0 Å². The van der Waals surface area contributed by atoms with E-state index in [1.165, 1.54) is 18.2 Å². The molecule has 0 atom stereocenters. The van der Waals surface area contributed by atoms with E-state index in [0.29, 0.717) is 30.4 Å². The number of nitriles is 1. The van der Waals surface area contributed by atoms with E-state index in [2.05, 4.69) is 10.0 Å². The molecule has 1 heterocycles. The Morgan fingerprint density at radius 3 is 2.63 bits per heavy atom. The summed E-state index contributed by atoms with van der Waals surface area (Å²) in [5.41, 5.74) is 0.577. The minimum absolute atomic E-state index is 0.0470. The molecular formula is C18H17N3O5S. The highest BCUT2D eigenvalue weighted by Gasteiger charge is 2.18. The molecule has 9 heteroatoms. The van der Waals surface area contributed by atoms with E-state index in [1.54, 1.807) is 24.3 Å². The number of hydrogen-bond acceptors (Lipinski definition) is 6. The van der Waals surface area contributed by atoms with Crippen molar-refractivity contribution >= 4 is 21.6 Å². The van der Waals surface area contributed by atoms with Crippen LogP contribution in [-0.4, -0.2) is 34.1 Å². The summed E-state index contributed by atoms with van der Waals surface area (Å²) in [5, 5.41) is 11.7. The third-order valence-electron chi connectivity index (χ3n) is 3.77. The first-order valence-corrected chi connectivity index (χ1v) is 9.66. The molecule has 1 aliphatic heterocycles. The lowest BCUT2D eigenvalue weighted by Crippen LogP contribution is -2.28. The Balaban J connectivity index is 1.56. The molecule has 140 valence electrons. The third kappa shape index (κ3) is 4.55. The highest BCUT2D eigenvalue weighted by molar-refractivity contribution is 7.89. The summed E-state index contributed by atoms with van der Waals surface area (Å²) in [4.78, 5) is 11.9. The second-order valence-electron chi connectivity index (χ2n) is 5.66. The standard InChI is InChI=1S/C18H17N3O5S/c19-12-13-3-1-2-4-17(13)27(23,24)20-8-7-18(22)21-14-5-6-15-16(11-14)26-10-9-25-15/h1-6,11,20H,7-10H2,(H,21,22). The van der Waals surface area contributed by atoms with Crippen LogP contribution in [0.5, 0.6) is 11.5 Å². The molecule has 1 aliphatic rings. The van der Waals surface area contributed by atoms with Gasteiger partial charge in [0, 0.05) is 24.7 Å². The van der Waals surface area contributed by atoms with Gasteiger partial charge in [0.2, 0.25) is 15.9 Å². The molecular weight excluding hydrogens is 370 g/mol. The van der Waals surface area contributed by atoms with Gasteiger partial charge in [-0.25, -0.2) is 13.1 Å². The molecule has 0 radical (unpaired) electrons. The third-order valence-corrected chi connectivity index (χ3v) is 5.29. The van der Waals surface area contributed by atoms with Crippen molar-refractivity contribution in [2.75, 3.05) is 25.1 Å². The van der Waals surface area contributed by atoms with Crippen molar-refractivity contribution < 1.29 is 22.7 Å². The monoisotopic (exact) mass is 387 g/mol. The van der Waals surface area contributed by atoms with Gasteiger partial charge in [0.05, 0.1) is 10.5 Å². The van der Waals surface area contributed by atoms with E-state index in [1.807, 2.05) is 6.07 Å². The van der Waals surface area contributed by atoms with E-state index < -0.39 is 10.0 Å². The number of amides is 1. The zero-order valence-corrected chi connectivity index (χ0v) is 15.1. The Labute approximate surface area is 156 Å². The van der Waals surface area contributed by atoms with Crippen LogP contribution < -0.4 is 19.5 Å². The van der Waals surface area contributed by atoms with Gasteiger partial charge in [-0.15, -0.1) is 0 Å². The highest BCUT2D eigenvalue weighted by Crippen LogP contribution is 2.32. The average Bonchev–Trinajstić information content (AvgIpc) is 2.67. The van der Waals surface area contributed by atoms with Gasteiger partial charge in [-0.1, -0.05) is 12.1 Å². The maximum Gasteiger partial charge on any atom is 0.241 e. The van der Waals surface area contributed by atoms with E-state index in [-0.39, 0.29) is 29.3 Å². The molecule has 1 amide bonds. The Kier molecular flexibility index (Phi) is 5.59. The van der Waals surface area contributed by atoms with Crippen LogP contribution in [0.25, 0.3) is 0 Å². The summed E-state index contributed by atoms with van der Waals surface area (Å²) in [6, 6.07) is 12.7. The molecule has 3 rings (SSSR count). The Morgan fingerprint density at radius 2 is 1.85 bits per heavy atom. The Morgan fingerprint density at radius 1 is 1.11 bits per heavy atom. The largest absolute Gasteiger partial charge is 0.486 e. The number of ether oxygens (including phenoxy) is 2. The van der Waals surface area contributed by atoms with Crippen molar-refractivity contribution in [1.29, 1.82) is 5.26 Å². The first-order valence-electron chi connectivity index (χ1n) is 8.18. The van der Waals surface area contributed by atoms with Crippen LogP contribution in [0.15, 0.2) is 47.4 Å². The number of carbonyl (C=O) groups excluding carboxylic acids is 1. The minimum Gasteiger partial charge on any atom is -0.486 e. The fraction of sp³-hybridized carbons (Fsp3) is 0.222. The number of carbonyl (C=O) groups is 1. The smallest absolute Gasteiger partial charge is 0.241 e. The maximum absolute atomic E-state index is 12.3. The first-order chi connectivity index (χ1) is 13.0. The normalized spacial score (nSPS) is 12.9. The Hall–Kier alpha value is -3.09. The molecule has 0 unspecified atom stereocenters. The lowest BCUT2D eigenvalue weighted by molar-refractivity contribution is -0.116. The van der Waals surface area contributed by atoms with Crippen LogP contribution >= 0.6 is 0 Å². The average molecular weight is 387 g/mol. The number of benzene rings is 2. The van der Waals surface area contributed by atoms with E-state index in [0.717, 1.165) is 0 Å². The lowest BCUT2D eigenvalue weighted by atomic mass is 10.2. The SMILES string of the molecule is N#Cc1ccccc1S(=O)(=O)NCCC(=O)Nc1ccc2c(c1)OCCO2. The first kappa shape index (κ1) is 18.7. The molecule has 0 spiro atoms. The van der Waals surface area contributed by atoms with Gasteiger partial charge in [-0.3, -0.25) is 4.79 Å². The second-order valence-corrected chi connectivity index (χ2v) is 7.40. The fourth-order valence-electron chi connectivity index (χ4n) is 2.51. The van der Waals surface area contributed by atoms with Gasteiger partial charge >= 0.3 is 0 Å². The van der Waals surface area contributed by atoms with Crippen molar-refractivity contribution in [3.63, 3.8) is 0 Å². The summed E-state index contributed by atoms with van der Waals surface area (Å²) in [7, 11) is -3.87. The van der Waals surface area contributed by atoms with Crippen LogP contribution in [-0.2, 0) is 14.8 Å². The minimum atomic E-state index is -3.87. The molecule has 8 nitrogen and oxygen atoms in total. The van der Waals surface area contributed by atoms with Crippen molar-refractivity contribution in [3.8, 4) is 17.6 Å². The van der Waals surface area contributed by atoms with Gasteiger partial charge in [0.1, 0.15) is 19.3 Å². The van der Waals surface area contributed by atoms with Gasteiger partial charge in [-0.05, 0) is 24.3 Å². The molecule has 0 saturated carbocycles. The number of nitrogens with zero attached hydrogens (tertiary/aromatic N) is 1. The molecule has 0 aromatic heterocycles. The topological polar surface area (TPSA) is 118 Å². The van der Waals surface area contributed by atoms with Gasteiger partial charge in [0.15, 0.2) is 11.5 Å². The molecule has 2 aromatic carbocycles. The second kappa shape index (κ2) is 8.07. The number of sulfonamides is 1. The number of anilines is 1. The van der Waals surface area contributed by atoms with Crippen LogP contribution in [0.2, 0.25) is 0 Å². The van der Waals surface area contributed by atoms with Gasteiger partial charge in [0.25, 0.3) is 0 Å². The predicted octanol–water partition coefficient (Wildman–Crippen LogP) is 1.64. The van der Waals surface area contributed by atoms with E-state index in [4.69, 9.17) is 14.7 Å². The lowest BCUT2D eigenvalue weighted by Gasteiger charge is -2.19. The fourth-order valence-corrected chi connectivity index (χ4v) is 3.70. The summed E-state index contributed by atoms with van der Waals surface area (Å²) < 4.78 is 37.8. The quantitative estimate of drug-likeness (QED) is 0.778. The van der Waals surface area contributed by atoms with Crippen LogP contribution in [0, 0.1) is 11.3 Å². The number of fused-ring (bicyclic) bond motifs is 1. The predicted molar refractivity (Wildman–Crippen MR) is 97.0 cm³/mol. The summed E-state index contributed by atoms with van der Waals surface area (Å²) in [6.07, 6.45) is -0.0671. The van der Waals surface area contributed by atoms with Crippen LogP contribution in [0.3, 0.4) is 0 Å². The van der Waals surface area contributed by atoms with Crippen molar-refractivity contribution in [3.05, 3.63) is 48.0 Å². The summed E-state index contributed by atoms with van der Waals surface area (Å²) >= 11 is 0. The molecule has 0 fully saturated rings. The molecule has 2 N–H and O–H groups in total. The molecule has 2 aromatic rings. The zero-order valence-electron chi connectivity index (χ0n) is 14.3. The zero-order chi connectivity index (χ0) is 19.3. The molecule has 27 heavy (non-hydrogen) atoms. The Bertz CT molecular complexity index is 998. The van der Waals surface area contributed by atoms with Gasteiger partial charge < -0.3 is 14.8 Å². The summed E-state index contributed by atoms with van der Waals surface area (Å²) in [6.45, 7) is 0.822. The van der Waals surface area contributed by atoms with Gasteiger partial charge in [-0.2, -0.15) is 5.26 Å². The molecule has 0 aliphatic carbocycles. The highest BCUT2D eigenvalue weighted by atomic mass is 32.2.